The first-order valence-electron chi connectivity index (χ1n) is 6.43. The Morgan fingerprint density at radius 1 is 1.45 bits per heavy atom. The predicted molar refractivity (Wildman–Crippen MR) is 73.8 cm³/mol. The molecule has 0 radical (unpaired) electrons. The van der Waals surface area contributed by atoms with Gasteiger partial charge in [0.25, 0.3) is 0 Å². The Bertz CT molecular complexity index is 510. The molecule has 0 bridgehead atoms. The van der Waals surface area contributed by atoms with E-state index in [1.807, 2.05) is 6.92 Å². The molecule has 1 heterocycles. The molecule has 1 unspecified atom stereocenters. The molecule has 1 aromatic rings. The van der Waals surface area contributed by atoms with Crippen molar-refractivity contribution in [1.82, 2.24) is 5.32 Å². The van der Waals surface area contributed by atoms with Gasteiger partial charge in [0.05, 0.1) is 25.9 Å². The van der Waals surface area contributed by atoms with Crippen LogP contribution in [0.2, 0.25) is 0 Å². The summed E-state index contributed by atoms with van der Waals surface area (Å²) in [5, 5.41) is 5.84. The molecule has 1 saturated heterocycles. The highest BCUT2D eigenvalue weighted by atomic mass is 16.5. The smallest absolute Gasteiger partial charge is 0.338 e. The number of benzene rings is 1. The fourth-order valence-corrected chi connectivity index (χ4v) is 1.99. The van der Waals surface area contributed by atoms with Gasteiger partial charge in [-0.2, -0.15) is 0 Å². The topological polar surface area (TPSA) is 76.7 Å². The lowest BCUT2D eigenvalue weighted by Gasteiger charge is -2.23. The molecular weight excluding hydrogens is 260 g/mol. The van der Waals surface area contributed by atoms with Gasteiger partial charge in [-0.15, -0.1) is 0 Å². The second kappa shape index (κ2) is 6.49. The molecule has 1 aliphatic heterocycles. The maximum atomic E-state index is 12.0. The van der Waals surface area contributed by atoms with Crippen molar-refractivity contribution >= 4 is 17.6 Å². The molecule has 6 nitrogen and oxygen atoms in total. The number of carbonyl (C=O) groups is 2. The summed E-state index contributed by atoms with van der Waals surface area (Å²) in [6.45, 7) is 3.43. The number of carbonyl (C=O) groups excluding carboxylic acids is 2. The van der Waals surface area contributed by atoms with Crippen LogP contribution in [0.4, 0.5) is 5.69 Å². The maximum absolute atomic E-state index is 12.0. The van der Waals surface area contributed by atoms with Crippen LogP contribution < -0.4 is 10.6 Å². The maximum Gasteiger partial charge on any atom is 0.338 e. The number of nitrogens with one attached hydrogen (secondary N) is 2. The Balaban J connectivity index is 2.09. The zero-order valence-corrected chi connectivity index (χ0v) is 11.6. The van der Waals surface area contributed by atoms with Gasteiger partial charge < -0.3 is 20.1 Å². The number of methoxy groups -OCH3 is 1. The Kier molecular flexibility index (Phi) is 4.70. The van der Waals surface area contributed by atoms with Gasteiger partial charge in [0.1, 0.15) is 6.04 Å². The van der Waals surface area contributed by atoms with E-state index >= 15 is 0 Å². The van der Waals surface area contributed by atoms with Crippen molar-refractivity contribution in [3.8, 4) is 0 Å². The number of rotatable bonds is 3. The predicted octanol–water partition coefficient (Wildman–Crippen LogP) is 0.709. The van der Waals surface area contributed by atoms with Crippen molar-refractivity contribution < 1.29 is 19.1 Å². The van der Waals surface area contributed by atoms with Crippen molar-refractivity contribution in [2.75, 3.05) is 32.2 Å². The third kappa shape index (κ3) is 3.34. The van der Waals surface area contributed by atoms with Gasteiger partial charge in [-0.3, -0.25) is 4.79 Å². The summed E-state index contributed by atoms with van der Waals surface area (Å²) < 4.78 is 9.95. The molecule has 2 N–H and O–H groups in total. The average Bonchev–Trinajstić information content (AvgIpc) is 2.49. The van der Waals surface area contributed by atoms with E-state index < -0.39 is 5.97 Å². The van der Waals surface area contributed by atoms with Crippen LogP contribution in [0.5, 0.6) is 0 Å². The van der Waals surface area contributed by atoms with Crippen LogP contribution in [0.3, 0.4) is 0 Å². The van der Waals surface area contributed by atoms with Crippen LogP contribution >= 0.6 is 0 Å². The molecule has 0 aromatic heterocycles. The molecule has 1 fully saturated rings. The Morgan fingerprint density at radius 3 is 2.90 bits per heavy atom. The lowest BCUT2D eigenvalue weighted by atomic mass is 10.1. The standard InChI is InChI=1S/C14H18N2O4/c1-9-3-4-10(7-11(9)14(18)19-2)16-13(17)12-8-20-6-5-15-12/h3-4,7,12,15H,5-6,8H2,1-2H3,(H,16,17). The normalized spacial score (nSPS) is 18.4. The van der Waals surface area contributed by atoms with E-state index in [1.165, 1.54) is 7.11 Å². The summed E-state index contributed by atoms with van der Waals surface area (Å²) in [6.07, 6.45) is 0. The third-order valence-electron chi connectivity index (χ3n) is 3.15. The molecule has 1 atom stereocenters. The van der Waals surface area contributed by atoms with Gasteiger partial charge in [0, 0.05) is 12.2 Å². The number of hydrogen-bond donors (Lipinski definition) is 2. The molecular formula is C14H18N2O4. The van der Waals surface area contributed by atoms with Crippen molar-refractivity contribution in [2.24, 2.45) is 0 Å². The van der Waals surface area contributed by atoms with Crippen LogP contribution in [0, 0.1) is 6.92 Å². The minimum Gasteiger partial charge on any atom is -0.465 e. The van der Waals surface area contributed by atoms with Gasteiger partial charge >= 0.3 is 5.97 Å². The molecule has 1 amide bonds. The highest BCUT2D eigenvalue weighted by Gasteiger charge is 2.21. The number of amides is 1. The second-order valence-electron chi connectivity index (χ2n) is 4.59. The monoisotopic (exact) mass is 278 g/mol. The molecule has 20 heavy (non-hydrogen) atoms. The first kappa shape index (κ1) is 14.5. The van der Waals surface area contributed by atoms with Crippen LogP contribution in [-0.4, -0.2) is 44.8 Å². The second-order valence-corrected chi connectivity index (χ2v) is 4.59. The zero-order valence-electron chi connectivity index (χ0n) is 11.6. The Labute approximate surface area is 117 Å². The Morgan fingerprint density at radius 2 is 2.25 bits per heavy atom. The van der Waals surface area contributed by atoms with Crippen LogP contribution in [-0.2, 0) is 14.3 Å². The highest BCUT2D eigenvalue weighted by molar-refractivity contribution is 5.97. The molecule has 1 aliphatic rings. The van der Waals surface area contributed by atoms with Crippen LogP contribution in [0.15, 0.2) is 18.2 Å². The summed E-state index contributed by atoms with van der Waals surface area (Å²) >= 11 is 0. The minimum atomic E-state index is -0.419. The largest absolute Gasteiger partial charge is 0.465 e. The van der Waals surface area contributed by atoms with Crippen LogP contribution in [0.1, 0.15) is 15.9 Å². The van der Waals surface area contributed by atoms with Gasteiger partial charge in [-0.1, -0.05) is 6.07 Å². The van der Waals surface area contributed by atoms with E-state index in [1.54, 1.807) is 18.2 Å². The molecule has 1 aromatic carbocycles. The third-order valence-corrected chi connectivity index (χ3v) is 3.15. The van der Waals surface area contributed by atoms with Crippen molar-refractivity contribution in [3.05, 3.63) is 29.3 Å². The van der Waals surface area contributed by atoms with E-state index in [0.717, 1.165) is 5.56 Å². The number of esters is 1. The van der Waals surface area contributed by atoms with Gasteiger partial charge in [0.2, 0.25) is 5.91 Å². The quantitative estimate of drug-likeness (QED) is 0.796. The first-order valence-corrected chi connectivity index (χ1v) is 6.43. The fraction of sp³-hybridized carbons (Fsp3) is 0.429. The molecule has 0 saturated carbocycles. The van der Waals surface area contributed by atoms with E-state index in [4.69, 9.17) is 9.47 Å². The highest BCUT2D eigenvalue weighted by Crippen LogP contribution is 2.16. The first-order chi connectivity index (χ1) is 9.61. The SMILES string of the molecule is COC(=O)c1cc(NC(=O)C2COCCN2)ccc1C. The lowest BCUT2D eigenvalue weighted by molar-refractivity contribution is -0.120. The molecule has 0 aliphatic carbocycles. The summed E-state index contributed by atoms with van der Waals surface area (Å²) in [6, 6.07) is 4.77. The molecule has 108 valence electrons. The van der Waals surface area contributed by atoms with Crippen molar-refractivity contribution in [1.29, 1.82) is 0 Å². The van der Waals surface area contributed by atoms with Crippen molar-refractivity contribution in [3.63, 3.8) is 0 Å². The molecule has 0 spiro atoms. The van der Waals surface area contributed by atoms with Crippen molar-refractivity contribution in [2.45, 2.75) is 13.0 Å². The van der Waals surface area contributed by atoms with Gasteiger partial charge in [0.15, 0.2) is 0 Å². The average molecular weight is 278 g/mol. The van der Waals surface area contributed by atoms with Crippen LogP contribution in [0.25, 0.3) is 0 Å². The van der Waals surface area contributed by atoms with E-state index in [0.29, 0.717) is 31.0 Å². The molecule has 2 rings (SSSR count). The van der Waals surface area contributed by atoms with Gasteiger partial charge in [-0.05, 0) is 24.6 Å². The number of morpholine rings is 1. The number of ether oxygens (including phenoxy) is 2. The summed E-state index contributed by atoms with van der Waals surface area (Å²) in [5.74, 6) is -0.595. The number of hydrogen-bond acceptors (Lipinski definition) is 5. The summed E-state index contributed by atoms with van der Waals surface area (Å²) in [5.41, 5.74) is 1.81. The van der Waals surface area contributed by atoms with E-state index in [2.05, 4.69) is 10.6 Å². The molecule has 6 heteroatoms. The Hall–Kier alpha value is -1.92. The fourth-order valence-electron chi connectivity index (χ4n) is 1.99. The summed E-state index contributed by atoms with van der Waals surface area (Å²) in [7, 11) is 1.33. The number of anilines is 1. The lowest BCUT2D eigenvalue weighted by Crippen LogP contribution is -2.48. The number of aryl methyl sites for hydroxylation is 1. The zero-order chi connectivity index (χ0) is 14.5. The van der Waals surface area contributed by atoms with E-state index in [-0.39, 0.29) is 11.9 Å². The van der Waals surface area contributed by atoms with Gasteiger partial charge in [-0.25, -0.2) is 4.79 Å². The van der Waals surface area contributed by atoms with E-state index in [9.17, 15) is 9.59 Å². The summed E-state index contributed by atoms with van der Waals surface area (Å²) in [4.78, 5) is 23.6. The minimum absolute atomic E-state index is 0.177.